The van der Waals surface area contributed by atoms with Crippen LogP contribution in [0.1, 0.15) is 11.1 Å². The lowest BCUT2D eigenvalue weighted by Crippen LogP contribution is -1.91. The number of benzene rings is 2. The largest absolute Gasteiger partial charge is 0.399 e. The average Bonchev–Trinajstić information content (AvgIpc) is 2.45. The highest BCUT2D eigenvalue weighted by molar-refractivity contribution is 5.75. The lowest BCUT2D eigenvalue weighted by atomic mass is 9.99. The van der Waals surface area contributed by atoms with Gasteiger partial charge in [0.1, 0.15) is 5.82 Å². The van der Waals surface area contributed by atoms with Gasteiger partial charge in [0.05, 0.1) is 0 Å². The molecule has 0 spiro atoms. The molecule has 2 N–H and O–H groups in total. The number of hydrogen-bond donors (Lipinski definition) is 1. The van der Waals surface area contributed by atoms with E-state index < -0.39 is 0 Å². The normalized spacial score (nSPS) is 10.8. The quantitative estimate of drug-likeness (QED) is 0.796. The van der Waals surface area contributed by atoms with Crippen LogP contribution in [0.15, 0.2) is 73.5 Å². The number of halogens is 1. The molecule has 0 amide bonds. The number of rotatable bonds is 4. The monoisotopic (exact) mass is 279 g/mol. The summed E-state index contributed by atoms with van der Waals surface area (Å²) in [5.74, 6) is -0.301. The van der Waals surface area contributed by atoms with Gasteiger partial charge in [0.25, 0.3) is 0 Å². The summed E-state index contributed by atoms with van der Waals surface area (Å²) in [4.78, 5) is 0. The first-order chi connectivity index (χ1) is 9.97. The fourth-order valence-electron chi connectivity index (χ4n) is 2.00. The lowest BCUT2D eigenvalue weighted by Gasteiger charge is -2.07. The van der Waals surface area contributed by atoms with Gasteiger partial charge >= 0.3 is 0 Å². The molecule has 0 fully saturated rings. The molecule has 2 aromatic rings. The molecule has 21 heavy (non-hydrogen) atoms. The molecule has 0 unspecified atom stereocenters. The van der Waals surface area contributed by atoms with E-state index >= 15 is 0 Å². The first-order valence-electron chi connectivity index (χ1n) is 6.65. The lowest BCUT2D eigenvalue weighted by molar-refractivity contribution is 0.625. The van der Waals surface area contributed by atoms with Gasteiger partial charge in [0.2, 0.25) is 0 Å². The second-order valence-electron chi connectivity index (χ2n) is 4.99. The van der Waals surface area contributed by atoms with Crippen molar-refractivity contribution in [1.29, 1.82) is 0 Å². The van der Waals surface area contributed by atoms with E-state index in [1.54, 1.807) is 18.2 Å². The molecule has 0 saturated carbocycles. The molecule has 2 aromatic carbocycles. The van der Waals surface area contributed by atoms with Gasteiger partial charge in [-0.25, -0.2) is 4.39 Å². The molecular weight excluding hydrogens is 261 g/mol. The van der Waals surface area contributed by atoms with Crippen LogP contribution in [-0.2, 0) is 0 Å². The maximum absolute atomic E-state index is 14.2. The Kier molecular flexibility index (Phi) is 4.39. The molecule has 0 bridgehead atoms. The van der Waals surface area contributed by atoms with Crippen molar-refractivity contribution in [3.8, 4) is 11.1 Å². The average molecular weight is 279 g/mol. The Labute approximate surface area is 124 Å². The van der Waals surface area contributed by atoms with Crippen LogP contribution in [0.25, 0.3) is 16.7 Å². The summed E-state index contributed by atoms with van der Waals surface area (Å²) < 4.78 is 14.2. The highest BCUT2D eigenvalue weighted by Gasteiger charge is 2.06. The zero-order valence-corrected chi connectivity index (χ0v) is 12.1. The van der Waals surface area contributed by atoms with Crippen LogP contribution < -0.4 is 5.73 Å². The molecular formula is C19H18FN. The van der Waals surface area contributed by atoms with Crippen LogP contribution in [-0.4, -0.2) is 0 Å². The predicted octanol–water partition coefficient (Wildman–Crippen LogP) is 4.84. The standard InChI is InChI=1S/C19H18FN/c1-13-4-8-16(9-5-13)17-10-11-18(19(20)12-17)14(2)6-7-15(3)21/h4-12H,2-3,21H2,1H3/b7-6-. The molecule has 106 valence electrons. The summed E-state index contributed by atoms with van der Waals surface area (Å²) >= 11 is 0. The summed E-state index contributed by atoms with van der Waals surface area (Å²) in [5.41, 5.74) is 9.90. The molecule has 0 saturated heterocycles. The molecule has 0 aliphatic carbocycles. The SMILES string of the molecule is C=C(N)/C=C\C(=C)c1ccc(-c2ccc(C)cc2)cc1F. The fourth-order valence-corrected chi connectivity index (χ4v) is 2.00. The Balaban J connectivity index is 2.31. The Morgan fingerprint density at radius 1 is 1.00 bits per heavy atom. The van der Waals surface area contributed by atoms with Gasteiger partial charge in [-0.05, 0) is 35.8 Å². The van der Waals surface area contributed by atoms with Gasteiger partial charge < -0.3 is 5.73 Å². The van der Waals surface area contributed by atoms with Crippen molar-refractivity contribution in [3.63, 3.8) is 0 Å². The summed E-state index contributed by atoms with van der Waals surface area (Å²) in [6.07, 6.45) is 3.27. The van der Waals surface area contributed by atoms with Gasteiger partial charge in [-0.2, -0.15) is 0 Å². The Hall–Kier alpha value is -2.61. The minimum absolute atomic E-state index is 0.301. The van der Waals surface area contributed by atoms with Gasteiger partial charge in [0, 0.05) is 11.3 Å². The van der Waals surface area contributed by atoms with E-state index in [0.717, 1.165) is 11.1 Å². The fraction of sp³-hybridized carbons (Fsp3) is 0.0526. The molecule has 1 nitrogen and oxygen atoms in total. The van der Waals surface area contributed by atoms with Crippen LogP contribution in [0.3, 0.4) is 0 Å². The van der Waals surface area contributed by atoms with Crippen molar-refractivity contribution in [2.45, 2.75) is 6.92 Å². The predicted molar refractivity (Wildman–Crippen MR) is 88.1 cm³/mol. The molecule has 0 heterocycles. The first kappa shape index (κ1) is 14.8. The minimum atomic E-state index is -0.301. The molecule has 2 heteroatoms. The zero-order chi connectivity index (χ0) is 15.4. The topological polar surface area (TPSA) is 26.0 Å². The van der Waals surface area contributed by atoms with E-state index in [9.17, 15) is 4.39 Å². The maximum atomic E-state index is 14.2. The number of hydrogen-bond acceptors (Lipinski definition) is 1. The van der Waals surface area contributed by atoms with Crippen LogP contribution in [0, 0.1) is 12.7 Å². The van der Waals surface area contributed by atoms with Crippen molar-refractivity contribution in [2.24, 2.45) is 5.73 Å². The Morgan fingerprint density at radius 2 is 1.62 bits per heavy atom. The van der Waals surface area contributed by atoms with E-state index in [0.29, 0.717) is 16.8 Å². The molecule has 2 rings (SSSR count). The van der Waals surface area contributed by atoms with Crippen molar-refractivity contribution < 1.29 is 4.39 Å². The molecule has 0 radical (unpaired) electrons. The second-order valence-corrected chi connectivity index (χ2v) is 4.99. The first-order valence-corrected chi connectivity index (χ1v) is 6.65. The molecule has 0 aliphatic rings. The van der Waals surface area contributed by atoms with Crippen molar-refractivity contribution in [2.75, 3.05) is 0 Å². The van der Waals surface area contributed by atoms with E-state index in [1.807, 2.05) is 37.3 Å². The van der Waals surface area contributed by atoms with Crippen molar-refractivity contribution >= 4 is 5.57 Å². The summed E-state index contributed by atoms with van der Waals surface area (Å²) in [5, 5.41) is 0. The number of allylic oxidation sites excluding steroid dienone is 3. The Bertz CT molecular complexity index is 709. The van der Waals surface area contributed by atoms with E-state index in [4.69, 9.17) is 5.73 Å². The molecule has 0 aromatic heterocycles. The van der Waals surface area contributed by atoms with E-state index in [2.05, 4.69) is 13.2 Å². The second kappa shape index (κ2) is 6.23. The van der Waals surface area contributed by atoms with E-state index in [1.165, 1.54) is 11.6 Å². The third-order valence-electron chi connectivity index (χ3n) is 3.20. The zero-order valence-electron chi connectivity index (χ0n) is 12.1. The summed E-state index contributed by atoms with van der Waals surface area (Å²) in [6.45, 7) is 9.43. The third kappa shape index (κ3) is 3.69. The van der Waals surface area contributed by atoms with Crippen LogP contribution >= 0.6 is 0 Å². The van der Waals surface area contributed by atoms with Crippen LogP contribution in [0.5, 0.6) is 0 Å². The third-order valence-corrected chi connectivity index (χ3v) is 3.20. The Morgan fingerprint density at radius 3 is 2.19 bits per heavy atom. The highest BCUT2D eigenvalue weighted by atomic mass is 19.1. The van der Waals surface area contributed by atoms with Crippen molar-refractivity contribution in [3.05, 3.63) is 90.4 Å². The summed E-state index contributed by atoms with van der Waals surface area (Å²) in [7, 11) is 0. The summed E-state index contributed by atoms with van der Waals surface area (Å²) in [6, 6.07) is 13.1. The van der Waals surface area contributed by atoms with Crippen LogP contribution in [0.4, 0.5) is 4.39 Å². The minimum Gasteiger partial charge on any atom is -0.399 e. The smallest absolute Gasteiger partial charge is 0.131 e. The highest BCUT2D eigenvalue weighted by Crippen LogP contribution is 2.25. The van der Waals surface area contributed by atoms with Gasteiger partial charge in [-0.1, -0.05) is 61.2 Å². The molecule has 0 atom stereocenters. The van der Waals surface area contributed by atoms with Gasteiger partial charge in [0.15, 0.2) is 0 Å². The molecule has 0 aliphatic heterocycles. The number of aryl methyl sites for hydroxylation is 1. The maximum Gasteiger partial charge on any atom is 0.131 e. The van der Waals surface area contributed by atoms with Gasteiger partial charge in [-0.15, -0.1) is 0 Å². The van der Waals surface area contributed by atoms with Crippen LogP contribution in [0.2, 0.25) is 0 Å². The number of nitrogens with two attached hydrogens (primary N) is 1. The van der Waals surface area contributed by atoms with E-state index in [-0.39, 0.29) is 5.82 Å². The van der Waals surface area contributed by atoms with Crippen molar-refractivity contribution in [1.82, 2.24) is 0 Å². The van der Waals surface area contributed by atoms with Gasteiger partial charge in [-0.3, -0.25) is 0 Å².